The van der Waals surface area contributed by atoms with Crippen molar-refractivity contribution < 1.29 is 14.4 Å². The number of carboxylic acids is 1. The molecule has 0 amide bonds. The van der Waals surface area contributed by atoms with E-state index in [0.717, 1.165) is 9.35 Å². The maximum atomic E-state index is 10.8. The van der Waals surface area contributed by atoms with Crippen LogP contribution < -0.4 is 0 Å². The highest BCUT2D eigenvalue weighted by atomic mass is 79.9. The molecule has 0 saturated carbocycles. The van der Waals surface area contributed by atoms with E-state index < -0.39 is 5.97 Å². The van der Waals surface area contributed by atoms with E-state index in [1.54, 1.807) is 0 Å². The fraction of sp³-hybridized carbons (Fsp3) is 0. The smallest absolute Gasteiger partial charge is 0.341 e. The van der Waals surface area contributed by atoms with Gasteiger partial charge >= 0.3 is 5.97 Å². The summed E-state index contributed by atoms with van der Waals surface area (Å²) < 4.78 is 5.71. The van der Waals surface area contributed by atoms with E-state index in [-0.39, 0.29) is 5.56 Å². The van der Waals surface area contributed by atoms with Crippen LogP contribution in [0.25, 0.3) is 10.6 Å². The predicted molar refractivity (Wildman–Crippen MR) is 54.5 cm³/mol. The van der Waals surface area contributed by atoms with Crippen molar-refractivity contribution >= 4 is 33.2 Å². The summed E-state index contributed by atoms with van der Waals surface area (Å²) in [4.78, 5) is 11.5. The zero-order valence-corrected chi connectivity index (χ0v) is 9.13. The normalized spacial score (nSPS) is 10.4. The van der Waals surface area contributed by atoms with Gasteiger partial charge in [0, 0.05) is 4.47 Å². The van der Waals surface area contributed by atoms with Crippen LogP contribution in [0, 0.1) is 0 Å². The maximum Gasteiger partial charge on any atom is 0.341 e. The van der Waals surface area contributed by atoms with Gasteiger partial charge in [0.05, 0.1) is 11.1 Å². The van der Waals surface area contributed by atoms with Crippen molar-refractivity contribution in [3.8, 4) is 10.6 Å². The number of carbonyl (C=O) groups is 1. The molecule has 14 heavy (non-hydrogen) atoms. The van der Waals surface area contributed by atoms with Gasteiger partial charge in [0.2, 0.25) is 0 Å². The lowest BCUT2D eigenvalue weighted by molar-refractivity contribution is 0.0697. The molecule has 0 bridgehead atoms. The molecule has 0 aliphatic carbocycles. The molecule has 2 heterocycles. The number of rotatable bonds is 2. The lowest BCUT2D eigenvalue weighted by atomic mass is 10.2. The van der Waals surface area contributed by atoms with Crippen LogP contribution in [0.4, 0.5) is 0 Å². The molecule has 0 aliphatic rings. The summed E-state index contributed by atoms with van der Waals surface area (Å²) >= 11 is 4.70. The molecule has 2 aromatic rings. The Bertz CT molecular complexity index is 476. The van der Waals surface area contributed by atoms with Crippen molar-refractivity contribution in [2.75, 3.05) is 0 Å². The van der Waals surface area contributed by atoms with E-state index in [9.17, 15) is 4.79 Å². The molecule has 4 nitrogen and oxygen atoms in total. The number of carboxylic acid groups (broad SMARTS) is 1. The number of aromatic nitrogens is 1. The molecule has 0 aliphatic heterocycles. The SMILES string of the molecule is O=C(O)c1cnoc1-c1sccc1Br. The molecule has 6 heteroatoms. The van der Waals surface area contributed by atoms with Crippen LogP contribution in [0.2, 0.25) is 0 Å². The van der Waals surface area contributed by atoms with Crippen LogP contribution in [0.3, 0.4) is 0 Å². The molecule has 0 fully saturated rings. The number of hydrogen-bond donors (Lipinski definition) is 1. The van der Waals surface area contributed by atoms with Gasteiger partial charge < -0.3 is 9.63 Å². The summed E-state index contributed by atoms with van der Waals surface area (Å²) in [6.45, 7) is 0. The topological polar surface area (TPSA) is 63.3 Å². The van der Waals surface area contributed by atoms with Crippen molar-refractivity contribution in [3.05, 3.63) is 27.7 Å². The minimum Gasteiger partial charge on any atom is -0.477 e. The lowest BCUT2D eigenvalue weighted by Gasteiger charge is -1.93. The average Bonchev–Trinajstić information content (AvgIpc) is 2.70. The maximum absolute atomic E-state index is 10.8. The van der Waals surface area contributed by atoms with E-state index in [4.69, 9.17) is 9.63 Å². The van der Waals surface area contributed by atoms with Gasteiger partial charge in [-0.25, -0.2) is 4.79 Å². The molecule has 2 rings (SSSR count). The Morgan fingerprint density at radius 1 is 1.64 bits per heavy atom. The van der Waals surface area contributed by atoms with Crippen LogP contribution >= 0.6 is 27.3 Å². The van der Waals surface area contributed by atoms with Crippen LogP contribution in [0.15, 0.2) is 26.6 Å². The van der Waals surface area contributed by atoms with Crippen LogP contribution in [-0.4, -0.2) is 16.2 Å². The number of halogens is 1. The van der Waals surface area contributed by atoms with E-state index in [1.807, 2.05) is 11.4 Å². The van der Waals surface area contributed by atoms with Gasteiger partial charge in [0.1, 0.15) is 5.56 Å². The predicted octanol–water partition coefficient (Wildman–Crippen LogP) is 2.86. The molecule has 0 spiro atoms. The Hall–Kier alpha value is -1.14. The Kier molecular flexibility index (Phi) is 2.39. The van der Waals surface area contributed by atoms with Crippen LogP contribution in [-0.2, 0) is 0 Å². The van der Waals surface area contributed by atoms with Gasteiger partial charge in [-0.15, -0.1) is 11.3 Å². The van der Waals surface area contributed by atoms with E-state index in [1.165, 1.54) is 17.5 Å². The number of thiophene rings is 1. The fourth-order valence-electron chi connectivity index (χ4n) is 1.01. The van der Waals surface area contributed by atoms with Gasteiger partial charge in [-0.2, -0.15) is 0 Å². The summed E-state index contributed by atoms with van der Waals surface area (Å²) in [5, 5.41) is 14.1. The number of nitrogens with zero attached hydrogens (tertiary/aromatic N) is 1. The summed E-state index contributed by atoms with van der Waals surface area (Å²) in [7, 11) is 0. The quantitative estimate of drug-likeness (QED) is 0.914. The van der Waals surface area contributed by atoms with Crippen molar-refractivity contribution in [2.45, 2.75) is 0 Å². The van der Waals surface area contributed by atoms with Crippen molar-refractivity contribution in [3.63, 3.8) is 0 Å². The summed E-state index contributed by atoms with van der Waals surface area (Å²) in [5.41, 5.74) is 0.0770. The Labute approximate surface area is 91.3 Å². The second-order valence-corrected chi connectivity index (χ2v) is 4.24. The summed E-state index contributed by atoms with van der Waals surface area (Å²) in [6, 6.07) is 1.83. The summed E-state index contributed by atoms with van der Waals surface area (Å²) in [6.07, 6.45) is 1.20. The fourth-order valence-corrected chi connectivity index (χ4v) is 2.55. The lowest BCUT2D eigenvalue weighted by Crippen LogP contribution is -1.95. The molecule has 72 valence electrons. The monoisotopic (exact) mass is 273 g/mol. The average molecular weight is 274 g/mol. The van der Waals surface area contributed by atoms with Crippen molar-refractivity contribution in [1.82, 2.24) is 5.16 Å². The third-order valence-electron chi connectivity index (χ3n) is 1.62. The zero-order chi connectivity index (χ0) is 10.1. The second-order valence-electron chi connectivity index (χ2n) is 2.47. The highest BCUT2D eigenvalue weighted by molar-refractivity contribution is 9.10. The molecule has 0 aromatic carbocycles. The number of hydrogen-bond acceptors (Lipinski definition) is 4. The third-order valence-corrected chi connectivity index (χ3v) is 3.46. The van der Waals surface area contributed by atoms with Gasteiger partial charge in [-0.1, -0.05) is 5.16 Å². The van der Waals surface area contributed by atoms with Gasteiger partial charge in [0.15, 0.2) is 5.76 Å². The minimum atomic E-state index is -1.04. The first-order valence-corrected chi connectivity index (χ1v) is 5.28. The van der Waals surface area contributed by atoms with E-state index in [2.05, 4.69) is 21.1 Å². The first-order chi connectivity index (χ1) is 6.70. The third kappa shape index (κ3) is 1.46. The first-order valence-electron chi connectivity index (χ1n) is 3.61. The molecule has 0 unspecified atom stereocenters. The minimum absolute atomic E-state index is 0.0770. The highest BCUT2D eigenvalue weighted by Gasteiger charge is 2.19. The molecular weight excluding hydrogens is 270 g/mol. The molecule has 0 atom stereocenters. The molecule has 2 aromatic heterocycles. The van der Waals surface area contributed by atoms with Crippen molar-refractivity contribution in [1.29, 1.82) is 0 Å². The molecular formula is C8H4BrNO3S. The standard InChI is InChI=1S/C8H4BrNO3S/c9-5-1-2-14-7(5)6-4(8(11)12)3-10-13-6/h1-3H,(H,11,12). The largest absolute Gasteiger partial charge is 0.477 e. The van der Waals surface area contributed by atoms with Gasteiger partial charge in [-0.05, 0) is 27.4 Å². The Morgan fingerprint density at radius 2 is 2.43 bits per heavy atom. The van der Waals surface area contributed by atoms with E-state index in [0.29, 0.717) is 5.76 Å². The zero-order valence-electron chi connectivity index (χ0n) is 6.73. The Morgan fingerprint density at radius 3 is 3.00 bits per heavy atom. The molecule has 0 saturated heterocycles. The van der Waals surface area contributed by atoms with Crippen molar-refractivity contribution in [2.24, 2.45) is 0 Å². The van der Waals surface area contributed by atoms with Gasteiger partial charge in [-0.3, -0.25) is 0 Å². The molecule has 0 radical (unpaired) electrons. The molecule has 1 N–H and O–H groups in total. The van der Waals surface area contributed by atoms with E-state index >= 15 is 0 Å². The van der Waals surface area contributed by atoms with Gasteiger partial charge in [0.25, 0.3) is 0 Å². The summed E-state index contributed by atoms with van der Waals surface area (Å²) in [5.74, 6) is -0.749. The second kappa shape index (κ2) is 3.55. The van der Waals surface area contributed by atoms with Crippen LogP contribution in [0.1, 0.15) is 10.4 Å². The number of aromatic carboxylic acids is 1. The highest BCUT2D eigenvalue weighted by Crippen LogP contribution is 2.35. The first kappa shape index (κ1) is 9.42. The van der Waals surface area contributed by atoms with Crippen LogP contribution in [0.5, 0.6) is 0 Å². The Balaban J connectivity index is 2.57.